The SMILES string of the molecule is CCNC(C)c1ccc(-c2cccc(OC)c2)cc1Cl. The van der Waals surface area contributed by atoms with Gasteiger partial charge in [-0.05, 0) is 48.4 Å². The number of ether oxygens (including phenoxy) is 1. The topological polar surface area (TPSA) is 21.3 Å². The molecule has 0 spiro atoms. The quantitative estimate of drug-likeness (QED) is 0.862. The normalized spacial score (nSPS) is 12.2. The Bertz CT molecular complexity index is 583. The van der Waals surface area contributed by atoms with E-state index in [2.05, 4.69) is 37.4 Å². The summed E-state index contributed by atoms with van der Waals surface area (Å²) in [5, 5.41) is 4.17. The van der Waals surface area contributed by atoms with Gasteiger partial charge in [-0.2, -0.15) is 0 Å². The Balaban J connectivity index is 2.32. The van der Waals surface area contributed by atoms with Gasteiger partial charge in [-0.25, -0.2) is 0 Å². The monoisotopic (exact) mass is 289 g/mol. The molecule has 0 aliphatic heterocycles. The molecule has 0 radical (unpaired) electrons. The van der Waals surface area contributed by atoms with E-state index in [-0.39, 0.29) is 6.04 Å². The lowest BCUT2D eigenvalue weighted by Crippen LogP contribution is -2.17. The number of nitrogens with one attached hydrogen (secondary N) is 1. The lowest BCUT2D eigenvalue weighted by molar-refractivity contribution is 0.415. The van der Waals surface area contributed by atoms with Crippen molar-refractivity contribution in [2.75, 3.05) is 13.7 Å². The van der Waals surface area contributed by atoms with Gasteiger partial charge in [0.2, 0.25) is 0 Å². The van der Waals surface area contributed by atoms with Gasteiger partial charge in [0.05, 0.1) is 7.11 Å². The molecule has 0 aromatic heterocycles. The zero-order chi connectivity index (χ0) is 14.5. The van der Waals surface area contributed by atoms with Crippen LogP contribution in [0.3, 0.4) is 0 Å². The molecular formula is C17H20ClNO. The fourth-order valence-electron chi connectivity index (χ4n) is 2.28. The zero-order valence-corrected chi connectivity index (χ0v) is 12.9. The summed E-state index contributed by atoms with van der Waals surface area (Å²) < 4.78 is 5.26. The maximum atomic E-state index is 6.41. The van der Waals surface area contributed by atoms with Crippen molar-refractivity contribution in [1.82, 2.24) is 5.32 Å². The summed E-state index contributed by atoms with van der Waals surface area (Å²) in [6.07, 6.45) is 0. The number of rotatable bonds is 5. The van der Waals surface area contributed by atoms with Crippen LogP contribution in [0.1, 0.15) is 25.5 Å². The van der Waals surface area contributed by atoms with Crippen LogP contribution < -0.4 is 10.1 Å². The van der Waals surface area contributed by atoms with Crippen LogP contribution in [0, 0.1) is 0 Å². The second-order valence-corrected chi connectivity index (χ2v) is 5.15. The third-order valence-electron chi connectivity index (χ3n) is 3.38. The molecule has 1 unspecified atom stereocenters. The summed E-state index contributed by atoms with van der Waals surface area (Å²) in [5.41, 5.74) is 3.33. The molecule has 20 heavy (non-hydrogen) atoms. The maximum Gasteiger partial charge on any atom is 0.119 e. The van der Waals surface area contributed by atoms with Gasteiger partial charge in [-0.3, -0.25) is 0 Å². The minimum atomic E-state index is 0.256. The largest absolute Gasteiger partial charge is 0.497 e. The van der Waals surface area contributed by atoms with Gasteiger partial charge < -0.3 is 10.1 Å². The molecule has 0 heterocycles. The molecule has 0 aliphatic rings. The van der Waals surface area contributed by atoms with E-state index in [0.29, 0.717) is 0 Å². The third kappa shape index (κ3) is 3.33. The van der Waals surface area contributed by atoms with Crippen LogP contribution in [-0.4, -0.2) is 13.7 Å². The second-order valence-electron chi connectivity index (χ2n) is 4.75. The zero-order valence-electron chi connectivity index (χ0n) is 12.1. The van der Waals surface area contributed by atoms with Crippen molar-refractivity contribution >= 4 is 11.6 Å². The van der Waals surface area contributed by atoms with Gasteiger partial charge in [0.15, 0.2) is 0 Å². The molecule has 0 aliphatic carbocycles. The van der Waals surface area contributed by atoms with E-state index in [1.807, 2.05) is 24.3 Å². The third-order valence-corrected chi connectivity index (χ3v) is 3.71. The fraction of sp³-hybridized carbons (Fsp3) is 0.294. The highest BCUT2D eigenvalue weighted by atomic mass is 35.5. The van der Waals surface area contributed by atoms with Gasteiger partial charge in [0, 0.05) is 11.1 Å². The first kappa shape index (κ1) is 14.9. The summed E-state index contributed by atoms with van der Waals surface area (Å²) in [6, 6.07) is 14.4. The van der Waals surface area contributed by atoms with Crippen molar-refractivity contribution < 1.29 is 4.74 Å². The van der Waals surface area contributed by atoms with Gasteiger partial charge in [-0.15, -0.1) is 0 Å². The highest BCUT2D eigenvalue weighted by Crippen LogP contribution is 2.30. The van der Waals surface area contributed by atoms with Crippen molar-refractivity contribution in [2.45, 2.75) is 19.9 Å². The Hall–Kier alpha value is -1.51. The molecule has 2 aromatic rings. The summed E-state index contributed by atoms with van der Waals surface area (Å²) in [7, 11) is 1.67. The molecule has 3 heteroatoms. The smallest absolute Gasteiger partial charge is 0.119 e. The van der Waals surface area contributed by atoms with Crippen molar-refractivity contribution in [2.24, 2.45) is 0 Å². The van der Waals surface area contributed by atoms with E-state index in [1.54, 1.807) is 7.11 Å². The molecule has 106 valence electrons. The molecule has 2 rings (SSSR count). The summed E-state index contributed by atoms with van der Waals surface area (Å²) in [6.45, 7) is 5.14. The first-order valence-corrected chi connectivity index (χ1v) is 7.20. The standard InChI is InChI=1S/C17H20ClNO/c1-4-19-12(2)16-9-8-14(11-17(16)18)13-6-5-7-15(10-13)20-3/h5-12,19H,4H2,1-3H3. The average Bonchev–Trinajstić information content (AvgIpc) is 2.47. The van der Waals surface area contributed by atoms with Crippen molar-refractivity contribution in [3.63, 3.8) is 0 Å². The molecule has 2 aromatic carbocycles. The Kier molecular flexibility index (Phi) is 5.05. The minimum absolute atomic E-state index is 0.256. The minimum Gasteiger partial charge on any atom is -0.497 e. The molecule has 0 amide bonds. The van der Waals surface area contributed by atoms with E-state index < -0.39 is 0 Å². The molecule has 1 N–H and O–H groups in total. The van der Waals surface area contributed by atoms with Crippen LogP contribution in [0.25, 0.3) is 11.1 Å². The summed E-state index contributed by atoms with van der Waals surface area (Å²) >= 11 is 6.41. The van der Waals surface area contributed by atoms with E-state index in [0.717, 1.165) is 34.0 Å². The lowest BCUT2D eigenvalue weighted by Gasteiger charge is -2.15. The van der Waals surface area contributed by atoms with Crippen LogP contribution in [0.5, 0.6) is 5.75 Å². The highest BCUT2D eigenvalue weighted by molar-refractivity contribution is 6.31. The predicted molar refractivity (Wildman–Crippen MR) is 85.5 cm³/mol. The number of benzene rings is 2. The number of methoxy groups -OCH3 is 1. The van der Waals surface area contributed by atoms with Gasteiger partial charge in [0.25, 0.3) is 0 Å². The van der Waals surface area contributed by atoms with Crippen LogP contribution in [0.15, 0.2) is 42.5 Å². The molecule has 1 atom stereocenters. The predicted octanol–water partition coefficient (Wildman–Crippen LogP) is 4.69. The van der Waals surface area contributed by atoms with E-state index in [4.69, 9.17) is 16.3 Å². The van der Waals surface area contributed by atoms with Crippen LogP contribution in [0.4, 0.5) is 0 Å². The Morgan fingerprint density at radius 1 is 1.15 bits per heavy atom. The van der Waals surface area contributed by atoms with Gasteiger partial charge in [0.1, 0.15) is 5.75 Å². The van der Waals surface area contributed by atoms with Gasteiger partial charge >= 0.3 is 0 Å². The van der Waals surface area contributed by atoms with Gasteiger partial charge in [-0.1, -0.05) is 42.8 Å². The number of halogens is 1. The molecule has 0 saturated carbocycles. The Labute approximate surface area is 125 Å². The molecule has 0 bridgehead atoms. The van der Waals surface area contributed by atoms with Crippen molar-refractivity contribution in [3.8, 4) is 16.9 Å². The van der Waals surface area contributed by atoms with Crippen LogP contribution in [-0.2, 0) is 0 Å². The lowest BCUT2D eigenvalue weighted by atomic mass is 10.0. The van der Waals surface area contributed by atoms with Crippen molar-refractivity contribution in [1.29, 1.82) is 0 Å². The Morgan fingerprint density at radius 3 is 2.55 bits per heavy atom. The molecule has 2 nitrogen and oxygen atoms in total. The van der Waals surface area contributed by atoms with Crippen molar-refractivity contribution in [3.05, 3.63) is 53.1 Å². The second kappa shape index (κ2) is 6.78. The fourth-order valence-corrected chi connectivity index (χ4v) is 2.62. The van der Waals surface area contributed by atoms with Crippen LogP contribution in [0.2, 0.25) is 5.02 Å². The van der Waals surface area contributed by atoms with Crippen LogP contribution >= 0.6 is 11.6 Å². The Morgan fingerprint density at radius 2 is 1.90 bits per heavy atom. The molecular weight excluding hydrogens is 270 g/mol. The highest BCUT2D eigenvalue weighted by Gasteiger charge is 2.10. The van der Waals surface area contributed by atoms with E-state index >= 15 is 0 Å². The summed E-state index contributed by atoms with van der Waals surface area (Å²) in [4.78, 5) is 0. The molecule has 0 fully saturated rings. The summed E-state index contributed by atoms with van der Waals surface area (Å²) in [5.74, 6) is 0.851. The first-order valence-electron chi connectivity index (χ1n) is 6.83. The maximum absolute atomic E-state index is 6.41. The first-order chi connectivity index (χ1) is 9.65. The number of hydrogen-bond acceptors (Lipinski definition) is 2. The molecule has 0 saturated heterocycles. The van der Waals surface area contributed by atoms with E-state index in [1.165, 1.54) is 0 Å². The number of hydrogen-bond donors (Lipinski definition) is 1. The van der Waals surface area contributed by atoms with E-state index in [9.17, 15) is 0 Å². The average molecular weight is 290 g/mol.